The molecular weight excluding hydrogens is 238 g/mol. The van der Waals surface area contributed by atoms with Crippen molar-refractivity contribution in [3.8, 4) is 0 Å². The highest BCUT2D eigenvalue weighted by atomic mass is 16.2. The number of rotatable bonds is 4. The van der Waals surface area contributed by atoms with Gasteiger partial charge in [-0.05, 0) is 31.0 Å². The molecule has 19 heavy (non-hydrogen) atoms. The van der Waals surface area contributed by atoms with Gasteiger partial charge in [0, 0.05) is 5.69 Å². The maximum absolute atomic E-state index is 12.1. The Labute approximate surface area is 112 Å². The summed E-state index contributed by atoms with van der Waals surface area (Å²) >= 11 is 0. The summed E-state index contributed by atoms with van der Waals surface area (Å²) in [5.41, 5.74) is 4.00. The highest BCUT2D eigenvalue weighted by Crippen LogP contribution is 2.37. The zero-order valence-electron chi connectivity index (χ0n) is 11.4. The lowest BCUT2D eigenvalue weighted by Crippen LogP contribution is -2.11. The molecule has 100 valence electrons. The van der Waals surface area contributed by atoms with Gasteiger partial charge in [-0.25, -0.2) is 4.98 Å². The Bertz CT molecular complexity index is 630. The number of aromatic nitrogens is 2. The van der Waals surface area contributed by atoms with Crippen LogP contribution in [0.15, 0.2) is 12.1 Å². The van der Waals surface area contributed by atoms with Crippen molar-refractivity contribution in [2.75, 3.05) is 5.32 Å². The summed E-state index contributed by atoms with van der Waals surface area (Å²) in [4.78, 5) is 19.7. The lowest BCUT2D eigenvalue weighted by molar-refractivity contribution is -0.117. The van der Waals surface area contributed by atoms with Crippen LogP contribution in [0.1, 0.15) is 49.9 Å². The molecule has 2 aromatic rings. The van der Waals surface area contributed by atoms with Crippen LogP contribution in [0, 0.1) is 6.92 Å². The number of carbonyl (C=O) groups is 1. The lowest BCUT2D eigenvalue weighted by atomic mass is 9.94. The van der Waals surface area contributed by atoms with Crippen LogP contribution in [0.25, 0.3) is 11.0 Å². The van der Waals surface area contributed by atoms with E-state index in [0.717, 1.165) is 41.0 Å². The minimum atomic E-state index is 0.00274. The first-order valence-electron chi connectivity index (χ1n) is 7.00. The van der Waals surface area contributed by atoms with E-state index in [0.29, 0.717) is 0 Å². The number of fused-ring (bicyclic) bond motifs is 2. The number of imidazole rings is 1. The Hall–Kier alpha value is -1.84. The van der Waals surface area contributed by atoms with E-state index in [-0.39, 0.29) is 11.8 Å². The summed E-state index contributed by atoms with van der Waals surface area (Å²) in [7, 11) is 0. The molecule has 2 N–H and O–H groups in total. The molecule has 1 unspecified atom stereocenters. The minimum Gasteiger partial charge on any atom is -0.342 e. The smallest absolute Gasteiger partial charge is 0.232 e. The second kappa shape index (κ2) is 4.68. The number of anilines is 1. The molecule has 0 spiro atoms. The van der Waals surface area contributed by atoms with E-state index in [2.05, 4.69) is 28.3 Å². The van der Waals surface area contributed by atoms with Gasteiger partial charge in [0.25, 0.3) is 0 Å². The predicted molar refractivity (Wildman–Crippen MR) is 76.3 cm³/mol. The third-order valence-electron chi connectivity index (χ3n) is 3.82. The fourth-order valence-electron chi connectivity index (χ4n) is 2.84. The fourth-order valence-corrected chi connectivity index (χ4v) is 2.84. The standard InChI is InChI=1S/C15H19N3O/c1-3-4-5-6-10-11-7-13-14(17-9(2)16-13)8-12(11)18-15(10)19/h7-8,10H,3-6H2,1-2H3,(H,16,17)(H,18,19). The van der Waals surface area contributed by atoms with Gasteiger partial charge in [-0.3, -0.25) is 4.79 Å². The first-order valence-corrected chi connectivity index (χ1v) is 7.00. The van der Waals surface area contributed by atoms with Gasteiger partial charge in [0.15, 0.2) is 0 Å². The number of nitrogens with zero attached hydrogens (tertiary/aromatic N) is 1. The number of aromatic amines is 1. The van der Waals surface area contributed by atoms with E-state index >= 15 is 0 Å². The quantitative estimate of drug-likeness (QED) is 0.824. The van der Waals surface area contributed by atoms with Gasteiger partial charge in [0.2, 0.25) is 5.91 Å². The number of aryl methyl sites for hydroxylation is 1. The predicted octanol–water partition coefficient (Wildman–Crippen LogP) is 3.49. The first kappa shape index (κ1) is 12.2. The number of hydrogen-bond acceptors (Lipinski definition) is 2. The van der Waals surface area contributed by atoms with Crippen LogP contribution in [0.3, 0.4) is 0 Å². The van der Waals surface area contributed by atoms with E-state index < -0.39 is 0 Å². The van der Waals surface area contributed by atoms with Crippen LogP contribution in [-0.4, -0.2) is 15.9 Å². The van der Waals surface area contributed by atoms with Crippen molar-refractivity contribution in [3.63, 3.8) is 0 Å². The zero-order valence-corrected chi connectivity index (χ0v) is 11.4. The van der Waals surface area contributed by atoms with Crippen molar-refractivity contribution < 1.29 is 4.79 Å². The third kappa shape index (κ3) is 2.11. The average Bonchev–Trinajstić information content (AvgIpc) is 2.86. The minimum absolute atomic E-state index is 0.00274. The summed E-state index contributed by atoms with van der Waals surface area (Å²) in [6.07, 6.45) is 4.40. The van der Waals surface area contributed by atoms with Gasteiger partial charge in [-0.2, -0.15) is 0 Å². The normalized spacial score (nSPS) is 17.8. The Morgan fingerprint density at radius 2 is 2.16 bits per heavy atom. The summed E-state index contributed by atoms with van der Waals surface area (Å²) in [5.74, 6) is 1.05. The molecule has 1 aliphatic heterocycles. The van der Waals surface area contributed by atoms with E-state index in [1.807, 2.05) is 13.0 Å². The molecule has 1 aromatic heterocycles. The molecule has 0 saturated carbocycles. The first-order chi connectivity index (χ1) is 9.19. The number of H-pyrrole nitrogens is 1. The summed E-state index contributed by atoms with van der Waals surface area (Å²) in [6, 6.07) is 4.06. The van der Waals surface area contributed by atoms with Crippen LogP contribution in [0.4, 0.5) is 5.69 Å². The molecule has 0 saturated heterocycles. The Morgan fingerprint density at radius 1 is 1.32 bits per heavy atom. The number of benzene rings is 1. The molecule has 1 aromatic carbocycles. The van der Waals surface area contributed by atoms with Gasteiger partial charge in [-0.15, -0.1) is 0 Å². The SMILES string of the molecule is CCCCCC1C(=O)Nc2cc3[nH]c(C)nc3cc21. The fraction of sp³-hybridized carbons (Fsp3) is 0.467. The van der Waals surface area contributed by atoms with Gasteiger partial charge in [-0.1, -0.05) is 26.2 Å². The molecule has 4 heteroatoms. The number of amides is 1. The molecule has 3 rings (SSSR count). The molecule has 0 aliphatic carbocycles. The van der Waals surface area contributed by atoms with Crippen molar-refractivity contribution in [3.05, 3.63) is 23.5 Å². The molecule has 0 fully saturated rings. The maximum Gasteiger partial charge on any atom is 0.232 e. The van der Waals surface area contributed by atoms with Crippen LogP contribution < -0.4 is 5.32 Å². The molecule has 4 nitrogen and oxygen atoms in total. The van der Waals surface area contributed by atoms with E-state index in [9.17, 15) is 4.79 Å². The molecule has 2 heterocycles. The van der Waals surface area contributed by atoms with Crippen molar-refractivity contribution in [2.24, 2.45) is 0 Å². The van der Waals surface area contributed by atoms with Crippen molar-refractivity contribution >= 4 is 22.6 Å². The summed E-state index contributed by atoms with van der Waals surface area (Å²) in [5, 5.41) is 2.99. The summed E-state index contributed by atoms with van der Waals surface area (Å²) in [6.45, 7) is 4.13. The Kier molecular flexibility index (Phi) is 3.01. The topological polar surface area (TPSA) is 57.8 Å². The van der Waals surface area contributed by atoms with Crippen molar-refractivity contribution in [1.29, 1.82) is 0 Å². The van der Waals surface area contributed by atoms with Gasteiger partial charge < -0.3 is 10.3 Å². The van der Waals surface area contributed by atoms with Crippen LogP contribution in [0.5, 0.6) is 0 Å². The average molecular weight is 257 g/mol. The van der Waals surface area contributed by atoms with Crippen molar-refractivity contribution in [1.82, 2.24) is 9.97 Å². The molecular formula is C15H19N3O. The van der Waals surface area contributed by atoms with Crippen LogP contribution >= 0.6 is 0 Å². The largest absolute Gasteiger partial charge is 0.342 e. The maximum atomic E-state index is 12.1. The Morgan fingerprint density at radius 3 is 2.95 bits per heavy atom. The second-order valence-corrected chi connectivity index (χ2v) is 5.32. The number of hydrogen-bond donors (Lipinski definition) is 2. The number of nitrogens with one attached hydrogen (secondary N) is 2. The van der Waals surface area contributed by atoms with Crippen LogP contribution in [0.2, 0.25) is 0 Å². The second-order valence-electron chi connectivity index (χ2n) is 5.32. The van der Waals surface area contributed by atoms with E-state index in [1.165, 1.54) is 12.8 Å². The monoisotopic (exact) mass is 257 g/mol. The highest BCUT2D eigenvalue weighted by Gasteiger charge is 2.30. The third-order valence-corrected chi connectivity index (χ3v) is 3.82. The number of unbranched alkanes of at least 4 members (excludes halogenated alkanes) is 2. The Balaban J connectivity index is 1.94. The summed E-state index contributed by atoms with van der Waals surface area (Å²) < 4.78 is 0. The highest BCUT2D eigenvalue weighted by molar-refractivity contribution is 6.05. The van der Waals surface area contributed by atoms with Gasteiger partial charge in [0.1, 0.15) is 5.82 Å². The van der Waals surface area contributed by atoms with Crippen molar-refractivity contribution in [2.45, 2.75) is 45.4 Å². The van der Waals surface area contributed by atoms with E-state index in [4.69, 9.17) is 0 Å². The molecule has 1 aliphatic rings. The van der Waals surface area contributed by atoms with Gasteiger partial charge >= 0.3 is 0 Å². The molecule has 1 atom stereocenters. The molecule has 1 amide bonds. The number of carbonyl (C=O) groups excluding carboxylic acids is 1. The lowest BCUT2D eigenvalue weighted by Gasteiger charge is -2.07. The zero-order chi connectivity index (χ0) is 13.4. The van der Waals surface area contributed by atoms with Crippen LogP contribution in [-0.2, 0) is 4.79 Å². The van der Waals surface area contributed by atoms with E-state index in [1.54, 1.807) is 0 Å². The van der Waals surface area contributed by atoms with Gasteiger partial charge in [0.05, 0.1) is 17.0 Å². The molecule has 0 bridgehead atoms. The molecule has 0 radical (unpaired) electrons.